The third-order valence-corrected chi connectivity index (χ3v) is 3.80. The highest BCUT2D eigenvalue weighted by molar-refractivity contribution is 5.68. The zero-order chi connectivity index (χ0) is 16.4. The zero-order valence-electron chi connectivity index (χ0n) is 12.8. The summed E-state index contributed by atoms with van der Waals surface area (Å²) in [5.41, 5.74) is 2.65. The van der Waals surface area contributed by atoms with Gasteiger partial charge in [0.2, 0.25) is 5.78 Å². The van der Waals surface area contributed by atoms with E-state index in [1.807, 2.05) is 54.6 Å². The number of aromatic amines is 1. The molecule has 5 heteroatoms. The summed E-state index contributed by atoms with van der Waals surface area (Å²) >= 11 is 0. The van der Waals surface area contributed by atoms with Crippen LogP contribution < -0.4 is 10.3 Å². The molecule has 0 aliphatic heterocycles. The largest absolute Gasteiger partial charge is 0.488 e. The van der Waals surface area contributed by atoms with Gasteiger partial charge in [0, 0.05) is 24.0 Å². The second-order valence-corrected chi connectivity index (χ2v) is 5.41. The molecule has 4 aromatic rings. The Morgan fingerprint density at radius 1 is 1.00 bits per heavy atom. The molecule has 5 nitrogen and oxygen atoms in total. The maximum Gasteiger partial charge on any atom is 0.259 e. The van der Waals surface area contributed by atoms with Crippen molar-refractivity contribution in [3.63, 3.8) is 0 Å². The molecule has 2 aromatic carbocycles. The number of hydrogen-bond acceptors (Lipinski definition) is 3. The first-order valence-corrected chi connectivity index (χ1v) is 7.64. The predicted molar refractivity (Wildman–Crippen MR) is 92.0 cm³/mol. The molecule has 0 spiro atoms. The van der Waals surface area contributed by atoms with Crippen LogP contribution in [0.3, 0.4) is 0 Å². The zero-order valence-corrected chi connectivity index (χ0v) is 12.8. The van der Waals surface area contributed by atoms with Crippen LogP contribution in [0.1, 0.15) is 5.56 Å². The summed E-state index contributed by atoms with van der Waals surface area (Å²) in [6, 6.07) is 19.2. The SMILES string of the molecule is O=c1ccnc2[nH]c(-c3ccccc3OCc3ccccc3)cn12. The number of aromatic nitrogens is 3. The van der Waals surface area contributed by atoms with Crippen LogP contribution in [0.2, 0.25) is 0 Å². The van der Waals surface area contributed by atoms with Crippen molar-refractivity contribution in [2.45, 2.75) is 6.61 Å². The van der Waals surface area contributed by atoms with E-state index in [9.17, 15) is 4.79 Å². The van der Waals surface area contributed by atoms with Crippen LogP contribution in [0, 0.1) is 0 Å². The minimum Gasteiger partial charge on any atom is -0.488 e. The minimum atomic E-state index is -0.120. The number of para-hydroxylation sites is 1. The van der Waals surface area contributed by atoms with Crippen molar-refractivity contribution < 1.29 is 4.74 Å². The van der Waals surface area contributed by atoms with Gasteiger partial charge in [-0.25, -0.2) is 4.98 Å². The van der Waals surface area contributed by atoms with E-state index in [4.69, 9.17) is 4.74 Å². The van der Waals surface area contributed by atoms with Crippen molar-refractivity contribution in [2.24, 2.45) is 0 Å². The molecule has 24 heavy (non-hydrogen) atoms. The van der Waals surface area contributed by atoms with E-state index in [1.54, 1.807) is 6.20 Å². The van der Waals surface area contributed by atoms with E-state index < -0.39 is 0 Å². The summed E-state index contributed by atoms with van der Waals surface area (Å²) in [5, 5.41) is 0. The Kier molecular flexibility index (Phi) is 3.59. The van der Waals surface area contributed by atoms with Crippen LogP contribution >= 0.6 is 0 Å². The quantitative estimate of drug-likeness (QED) is 0.628. The van der Waals surface area contributed by atoms with E-state index in [0.717, 1.165) is 22.6 Å². The standard InChI is InChI=1S/C19H15N3O2/c23-18-10-11-20-19-21-16(12-22(18)19)15-8-4-5-9-17(15)24-13-14-6-2-1-3-7-14/h1-12H,13H2,(H,20,21). The van der Waals surface area contributed by atoms with Crippen molar-refractivity contribution in [2.75, 3.05) is 0 Å². The van der Waals surface area contributed by atoms with Gasteiger partial charge in [-0.15, -0.1) is 0 Å². The van der Waals surface area contributed by atoms with Gasteiger partial charge in [-0.1, -0.05) is 42.5 Å². The van der Waals surface area contributed by atoms with Gasteiger partial charge in [-0.2, -0.15) is 0 Å². The number of benzene rings is 2. The van der Waals surface area contributed by atoms with E-state index in [-0.39, 0.29) is 5.56 Å². The molecule has 0 aliphatic rings. The van der Waals surface area contributed by atoms with E-state index >= 15 is 0 Å². The first-order chi connectivity index (χ1) is 11.8. The van der Waals surface area contributed by atoms with Crippen LogP contribution in [0.4, 0.5) is 0 Å². The molecule has 118 valence electrons. The van der Waals surface area contributed by atoms with E-state index in [1.165, 1.54) is 16.7 Å². The molecule has 0 fully saturated rings. The van der Waals surface area contributed by atoms with Crippen molar-refractivity contribution in [3.05, 3.63) is 89.0 Å². The van der Waals surface area contributed by atoms with Gasteiger partial charge >= 0.3 is 0 Å². The van der Waals surface area contributed by atoms with Crippen LogP contribution in [0.25, 0.3) is 17.0 Å². The summed E-state index contributed by atoms with van der Waals surface area (Å²) in [5.74, 6) is 1.26. The molecule has 0 radical (unpaired) electrons. The molecule has 0 aliphatic carbocycles. The van der Waals surface area contributed by atoms with Crippen molar-refractivity contribution in [3.8, 4) is 17.0 Å². The third-order valence-electron chi connectivity index (χ3n) is 3.80. The number of hydrogen-bond donors (Lipinski definition) is 1. The highest BCUT2D eigenvalue weighted by Crippen LogP contribution is 2.29. The fraction of sp³-hybridized carbons (Fsp3) is 0.0526. The normalized spacial score (nSPS) is 10.8. The monoisotopic (exact) mass is 317 g/mol. The number of H-pyrrole nitrogens is 1. The van der Waals surface area contributed by atoms with Crippen molar-refractivity contribution in [1.29, 1.82) is 0 Å². The highest BCUT2D eigenvalue weighted by atomic mass is 16.5. The average Bonchev–Trinajstić information content (AvgIpc) is 3.07. The molecule has 1 N–H and O–H groups in total. The van der Waals surface area contributed by atoms with Gasteiger partial charge in [0.25, 0.3) is 5.56 Å². The maximum atomic E-state index is 11.9. The summed E-state index contributed by atoms with van der Waals surface area (Å²) in [4.78, 5) is 19.2. The molecular weight excluding hydrogens is 302 g/mol. The lowest BCUT2D eigenvalue weighted by atomic mass is 10.1. The predicted octanol–water partition coefficient (Wildman–Crippen LogP) is 3.27. The molecular formula is C19H15N3O2. The second-order valence-electron chi connectivity index (χ2n) is 5.41. The van der Waals surface area contributed by atoms with Crippen LogP contribution in [0.5, 0.6) is 5.75 Å². The molecule has 0 unspecified atom stereocenters. The third kappa shape index (κ3) is 2.67. The molecule has 0 amide bonds. The maximum absolute atomic E-state index is 11.9. The Balaban J connectivity index is 1.70. The molecule has 2 heterocycles. The first kappa shape index (κ1) is 14.3. The Morgan fingerprint density at radius 3 is 2.62 bits per heavy atom. The summed E-state index contributed by atoms with van der Waals surface area (Å²) in [7, 11) is 0. The molecule has 0 saturated heterocycles. The number of nitrogens with zero attached hydrogens (tertiary/aromatic N) is 2. The average molecular weight is 317 g/mol. The molecule has 0 saturated carbocycles. The van der Waals surface area contributed by atoms with Crippen molar-refractivity contribution >= 4 is 5.78 Å². The molecule has 4 rings (SSSR count). The summed E-state index contributed by atoms with van der Waals surface area (Å²) in [6.07, 6.45) is 3.24. The Labute approximate surface area is 138 Å². The number of rotatable bonds is 4. The Morgan fingerprint density at radius 2 is 1.79 bits per heavy atom. The van der Waals surface area contributed by atoms with Crippen molar-refractivity contribution in [1.82, 2.24) is 14.4 Å². The lowest BCUT2D eigenvalue weighted by molar-refractivity contribution is 0.307. The van der Waals surface area contributed by atoms with Gasteiger partial charge in [-0.3, -0.25) is 9.20 Å². The van der Waals surface area contributed by atoms with Crippen LogP contribution in [-0.2, 0) is 6.61 Å². The van der Waals surface area contributed by atoms with Gasteiger partial charge in [0.15, 0.2) is 0 Å². The molecule has 0 atom stereocenters. The lowest BCUT2D eigenvalue weighted by Crippen LogP contribution is -2.09. The van der Waals surface area contributed by atoms with Gasteiger partial charge in [0.05, 0.1) is 5.69 Å². The number of fused-ring (bicyclic) bond motifs is 1. The smallest absolute Gasteiger partial charge is 0.259 e. The minimum absolute atomic E-state index is 0.120. The first-order valence-electron chi connectivity index (χ1n) is 7.64. The second kappa shape index (κ2) is 6.04. The summed E-state index contributed by atoms with van der Waals surface area (Å²) < 4.78 is 7.47. The van der Waals surface area contributed by atoms with Crippen LogP contribution in [0.15, 0.2) is 77.9 Å². The topological polar surface area (TPSA) is 59.4 Å². The highest BCUT2D eigenvalue weighted by Gasteiger charge is 2.10. The van der Waals surface area contributed by atoms with Gasteiger partial charge < -0.3 is 9.72 Å². The number of nitrogens with one attached hydrogen (secondary N) is 1. The molecule has 0 bridgehead atoms. The number of ether oxygens (including phenoxy) is 1. The Hall–Kier alpha value is -3.34. The Bertz CT molecular complexity index is 1040. The van der Waals surface area contributed by atoms with Gasteiger partial charge in [0.1, 0.15) is 12.4 Å². The van der Waals surface area contributed by atoms with E-state index in [2.05, 4.69) is 9.97 Å². The van der Waals surface area contributed by atoms with E-state index in [0.29, 0.717) is 12.4 Å². The fourth-order valence-corrected chi connectivity index (χ4v) is 2.60. The molecule has 2 aromatic heterocycles. The summed E-state index contributed by atoms with van der Waals surface area (Å²) in [6.45, 7) is 0.482. The van der Waals surface area contributed by atoms with Crippen LogP contribution in [-0.4, -0.2) is 14.4 Å². The van der Waals surface area contributed by atoms with Gasteiger partial charge in [-0.05, 0) is 17.7 Å². The lowest BCUT2D eigenvalue weighted by Gasteiger charge is -2.10. The number of imidazole rings is 1. The fourth-order valence-electron chi connectivity index (χ4n) is 2.60.